The fourth-order valence-corrected chi connectivity index (χ4v) is 4.22. The number of likely N-dealkylation sites (tertiary alicyclic amines) is 1. The molecule has 1 aliphatic carbocycles. The summed E-state index contributed by atoms with van der Waals surface area (Å²) in [6.07, 6.45) is 6.52. The smallest absolute Gasteiger partial charge is 0.0552 e. The van der Waals surface area contributed by atoms with Gasteiger partial charge in [0.15, 0.2) is 0 Å². The van der Waals surface area contributed by atoms with Crippen LogP contribution < -0.4 is 5.32 Å². The molecular weight excluding hydrogens is 248 g/mol. The van der Waals surface area contributed by atoms with E-state index in [2.05, 4.69) is 24.1 Å². The molecule has 0 radical (unpaired) electrons. The zero-order valence-corrected chi connectivity index (χ0v) is 13.6. The van der Waals surface area contributed by atoms with E-state index in [-0.39, 0.29) is 6.10 Å². The Balaban J connectivity index is 1.87. The Bertz CT molecular complexity index is 282. The van der Waals surface area contributed by atoms with E-state index in [4.69, 9.17) is 0 Å². The molecule has 0 bridgehead atoms. The lowest BCUT2D eigenvalue weighted by Gasteiger charge is -2.38. The van der Waals surface area contributed by atoms with Crippen molar-refractivity contribution in [3.05, 3.63) is 0 Å². The first-order chi connectivity index (χ1) is 9.63. The Kier molecular flexibility index (Phi) is 6.31. The fraction of sp³-hybridized carbons (Fsp3) is 1.00. The molecule has 0 aromatic carbocycles. The molecule has 2 aliphatic rings. The Morgan fingerprint density at radius 2 is 2.05 bits per heavy atom. The predicted molar refractivity (Wildman–Crippen MR) is 84.8 cm³/mol. The van der Waals surface area contributed by atoms with Crippen molar-refractivity contribution in [3.63, 3.8) is 0 Å². The van der Waals surface area contributed by atoms with Crippen molar-refractivity contribution in [1.82, 2.24) is 10.2 Å². The van der Waals surface area contributed by atoms with E-state index in [1.807, 2.05) is 6.92 Å². The summed E-state index contributed by atoms with van der Waals surface area (Å²) < 4.78 is 0. The van der Waals surface area contributed by atoms with Gasteiger partial charge in [-0.3, -0.25) is 0 Å². The number of hydrogen-bond donors (Lipinski definition) is 2. The summed E-state index contributed by atoms with van der Waals surface area (Å²) in [5.41, 5.74) is 0. The van der Waals surface area contributed by atoms with Crippen LogP contribution in [0.5, 0.6) is 0 Å². The Morgan fingerprint density at radius 3 is 2.65 bits per heavy atom. The minimum absolute atomic E-state index is 0.140. The van der Waals surface area contributed by atoms with Gasteiger partial charge in [0.05, 0.1) is 6.10 Å². The van der Waals surface area contributed by atoms with Gasteiger partial charge in [-0.1, -0.05) is 20.3 Å². The van der Waals surface area contributed by atoms with E-state index in [1.165, 1.54) is 45.2 Å². The third-order valence-corrected chi connectivity index (χ3v) is 5.62. The second kappa shape index (κ2) is 7.77. The van der Waals surface area contributed by atoms with Crippen LogP contribution in [0.15, 0.2) is 0 Å². The molecule has 3 heteroatoms. The maximum atomic E-state index is 9.75. The van der Waals surface area contributed by atoms with E-state index in [0.29, 0.717) is 12.0 Å². The molecule has 1 aliphatic heterocycles. The number of aliphatic hydroxyl groups excluding tert-OH is 1. The van der Waals surface area contributed by atoms with Crippen LogP contribution in [0.25, 0.3) is 0 Å². The van der Waals surface area contributed by atoms with Gasteiger partial charge in [0.2, 0.25) is 0 Å². The fourth-order valence-electron chi connectivity index (χ4n) is 4.22. The standard InChI is InChI=1S/C17H34N2O/c1-4-14-6-7-17(18-5-2)16(10-14)12-19-9-8-15(11-19)13(3)20/h13-18,20H,4-12H2,1-3H3. The van der Waals surface area contributed by atoms with Crippen molar-refractivity contribution in [2.24, 2.45) is 17.8 Å². The van der Waals surface area contributed by atoms with Crippen molar-refractivity contribution in [3.8, 4) is 0 Å². The highest BCUT2D eigenvalue weighted by Crippen LogP contribution is 2.33. The molecule has 20 heavy (non-hydrogen) atoms. The molecule has 3 nitrogen and oxygen atoms in total. The van der Waals surface area contributed by atoms with Crippen LogP contribution in [0.4, 0.5) is 0 Å². The zero-order chi connectivity index (χ0) is 14.5. The largest absolute Gasteiger partial charge is 0.393 e. The maximum Gasteiger partial charge on any atom is 0.0552 e. The van der Waals surface area contributed by atoms with Crippen LogP contribution in [-0.2, 0) is 0 Å². The third-order valence-electron chi connectivity index (χ3n) is 5.62. The molecule has 118 valence electrons. The van der Waals surface area contributed by atoms with Gasteiger partial charge < -0.3 is 15.3 Å². The van der Waals surface area contributed by atoms with Crippen LogP contribution >= 0.6 is 0 Å². The van der Waals surface area contributed by atoms with Gasteiger partial charge in [-0.05, 0) is 63.5 Å². The van der Waals surface area contributed by atoms with Gasteiger partial charge in [-0.15, -0.1) is 0 Å². The zero-order valence-electron chi connectivity index (χ0n) is 13.6. The van der Waals surface area contributed by atoms with Crippen molar-refractivity contribution >= 4 is 0 Å². The molecule has 1 heterocycles. The summed E-state index contributed by atoms with van der Waals surface area (Å²) in [5, 5.41) is 13.5. The third kappa shape index (κ3) is 4.19. The molecule has 1 saturated heterocycles. The Hall–Kier alpha value is -0.120. The SMILES string of the molecule is CCNC1CCC(CC)CC1CN1CCC(C(C)O)C1. The lowest BCUT2D eigenvalue weighted by Crippen LogP contribution is -2.45. The molecule has 2 N–H and O–H groups in total. The van der Waals surface area contributed by atoms with Gasteiger partial charge in [0.1, 0.15) is 0 Å². The first-order valence-electron chi connectivity index (χ1n) is 8.77. The monoisotopic (exact) mass is 282 g/mol. The molecule has 0 aromatic rings. The quantitative estimate of drug-likeness (QED) is 0.786. The number of hydrogen-bond acceptors (Lipinski definition) is 3. The normalized spacial score (nSPS) is 37.2. The van der Waals surface area contributed by atoms with E-state index in [9.17, 15) is 5.11 Å². The second-order valence-corrected chi connectivity index (χ2v) is 7.06. The van der Waals surface area contributed by atoms with Crippen LogP contribution in [0.1, 0.15) is 52.9 Å². The maximum absolute atomic E-state index is 9.75. The van der Waals surface area contributed by atoms with Crippen molar-refractivity contribution in [2.45, 2.75) is 65.0 Å². The predicted octanol–water partition coefficient (Wildman–Crippen LogP) is 2.49. The lowest BCUT2D eigenvalue weighted by molar-refractivity contribution is 0.116. The first kappa shape index (κ1) is 16.3. The minimum atomic E-state index is -0.140. The molecule has 0 amide bonds. The van der Waals surface area contributed by atoms with Crippen molar-refractivity contribution < 1.29 is 5.11 Å². The number of nitrogens with one attached hydrogen (secondary N) is 1. The van der Waals surface area contributed by atoms with Gasteiger partial charge in [-0.2, -0.15) is 0 Å². The molecule has 0 spiro atoms. The van der Waals surface area contributed by atoms with E-state index < -0.39 is 0 Å². The van der Waals surface area contributed by atoms with Crippen LogP contribution in [0.2, 0.25) is 0 Å². The van der Waals surface area contributed by atoms with Crippen LogP contribution in [0.3, 0.4) is 0 Å². The summed E-state index contributed by atoms with van der Waals surface area (Å²) in [5.74, 6) is 2.24. The Labute approximate surface area is 125 Å². The van der Waals surface area contributed by atoms with Crippen molar-refractivity contribution in [1.29, 1.82) is 0 Å². The lowest BCUT2D eigenvalue weighted by atomic mass is 9.76. The van der Waals surface area contributed by atoms with E-state index >= 15 is 0 Å². The minimum Gasteiger partial charge on any atom is -0.393 e. The number of nitrogens with zero attached hydrogens (tertiary/aromatic N) is 1. The molecule has 2 fully saturated rings. The summed E-state index contributed by atoms with van der Waals surface area (Å²) in [6, 6.07) is 0.716. The average molecular weight is 282 g/mol. The van der Waals surface area contributed by atoms with Gasteiger partial charge in [-0.25, -0.2) is 0 Å². The first-order valence-corrected chi connectivity index (χ1v) is 8.77. The number of aliphatic hydroxyl groups is 1. The highest BCUT2D eigenvalue weighted by molar-refractivity contribution is 4.88. The summed E-state index contributed by atoms with van der Waals surface area (Å²) in [7, 11) is 0. The van der Waals surface area contributed by atoms with Gasteiger partial charge >= 0.3 is 0 Å². The van der Waals surface area contributed by atoms with Crippen molar-refractivity contribution in [2.75, 3.05) is 26.2 Å². The second-order valence-electron chi connectivity index (χ2n) is 7.06. The number of rotatable bonds is 6. The van der Waals surface area contributed by atoms with E-state index in [1.54, 1.807) is 0 Å². The van der Waals surface area contributed by atoms with Crippen LogP contribution in [-0.4, -0.2) is 48.3 Å². The van der Waals surface area contributed by atoms with Gasteiger partial charge in [0, 0.05) is 19.1 Å². The highest BCUT2D eigenvalue weighted by atomic mass is 16.3. The van der Waals surface area contributed by atoms with Crippen LogP contribution in [0, 0.1) is 17.8 Å². The molecule has 5 atom stereocenters. The molecule has 2 rings (SSSR count). The highest BCUT2D eigenvalue weighted by Gasteiger charge is 2.33. The molecule has 5 unspecified atom stereocenters. The molecule has 1 saturated carbocycles. The molecule has 0 aromatic heterocycles. The van der Waals surface area contributed by atoms with Gasteiger partial charge in [0.25, 0.3) is 0 Å². The topological polar surface area (TPSA) is 35.5 Å². The summed E-state index contributed by atoms with van der Waals surface area (Å²) in [6.45, 7) is 11.1. The summed E-state index contributed by atoms with van der Waals surface area (Å²) in [4.78, 5) is 2.60. The van der Waals surface area contributed by atoms with E-state index in [0.717, 1.165) is 24.9 Å². The Morgan fingerprint density at radius 1 is 1.25 bits per heavy atom. The average Bonchev–Trinajstić information content (AvgIpc) is 2.90. The summed E-state index contributed by atoms with van der Waals surface area (Å²) >= 11 is 0. The molecular formula is C17H34N2O.